The van der Waals surface area contributed by atoms with Crippen molar-refractivity contribution in [3.8, 4) is 0 Å². The molecule has 1 N–H and O–H groups in total. The zero-order chi connectivity index (χ0) is 18.5. The zero-order valence-electron chi connectivity index (χ0n) is 17.4. The predicted octanol–water partition coefficient (Wildman–Crippen LogP) is 2.92. The number of likely N-dealkylation sites (tertiary alicyclic amines) is 2. The highest BCUT2D eigenvalue weighted by Crippen LogP contribution is 2.24. The van der Waals surface area contributed by atoms with Gasteiger partial charge >= 0.3 is 0 Å². The summed E-state index contributed by atoms with van der Waals surface area (Å²) in [6.45, 7) is 8.19. The summed E-state index contributed by atoms with van der Waals surface area (Å²) in [5, 5.41) is 7.91. The van der Waals surface area contributed by atoms with Crippen LogP contribution in [0.25, 0.3) is 0 Å². The summed E-state index contributed by atoms with van der Waals surface area (Å²) in [4.78, 5) is 17.5. The standard InChI is InChI=1S/C21H35N5O.2ClH/c27-21(17-26-20(5-10-23-26)19-4-3-9-22-16-19)25-14-7-18(8-15-25)6-13-24-11-1-2-12-24;;/h5,10,18-19,22H,1-4,6-9,11-17H2;2*1H. The molecule has 3 fully saturated rings. The molecule has 3 aliphatic heterocycles. The lowest BCUT2D eigenvalue weighted by Crippen LogP contribution is -2.41. The quantitative estimate of drug-likeness (QED) is 0.730. The van der Waals surface area contributed by atoms with Crippen LogP contribution >= 0.6 is 24.8 Å². The van der Waals surface area contributed by atoms with Crippen LogP contribution < -0.4 is 5.32 Å². The molecule has 1 aromatic heterocycles. The molecular formula is C21H37Cl2N5O. The van der Waals surface area contributed by atoms with Crippen molar-refractivity contribution in [2.45, 2.75) is 57.4 Å². The number of amides is 1. The fraction of sp³-hybridized carbons (Fsp3) is 0.810. The van der Waals surface area contributed by atoms with Crippen LogP contribution in [-0.2, 0) is 11.3 Å². The Balaban J connectivity index is 0.00000150. The average Bonchev–Trinajstić information content (AvgIpc) is 3.39. The lowest BCUT2D eigenvalue weighted by molar-refractivity contribution is -0.133. The molecule has 1 atom stereocenters. The van der Waals surface area contributed by atoms with E-state index in [1.54, 1.807) is 0 Å². The third-order valence-corrected chi connectivity index (χ3v) is 6.77. The van der Waals surface area contributed by atoms with Gasteiger partial charge in [0.2, 0.25) is 5.91 Å². The third kappa shape index (κ3) is 6.58. The van der Waals surface area contributed by atoms with Crippen LogP contribution in [0.1, 0.15) is 56.6 Å². The molecule has 0 radical (unpaired) electrons. The van der Waals surface area contributed by atoms with Gasteiger partial charge in [0.25, 0.3) is 0 Å². The Hall–Kier alpha value is -0.820. The minimum Gasteiger partial charge on any atom is -0.341 e. The summed E-state index contributed by atoms with van der Waals surface area (Å²) in [5.74, 6) is 1.52. The minimum atomic E-state index is 0. The maximum atomic E-state index is 12.8. The smallest absolute Gasteiger partial charge is 0.244 e. The maximum Gasteiger partial charge on any atom is 0.244 e. The highest BCUT2D eigenvalue weighted by atomic mass is 35.5. The van der Waals surface area contributed by atoms with Crippen molar-refractivity contribution in [3.05, 3.63) is 18.0 Å². The zero-order valence-corrected chi connectivity index (χ0v) is 19.1. The number of aromatic nitrogens is 2. The Morgan fingerprint density at radius 1 is 1.07 bits per heavy atom. The van der Waals surface area contributed by atoms with Crippen molar-refractivity contribution in [2.24, 2.45) is 5.92 Å². The second-order valence-electron chi connectivity index (χ2n) is 8.62. The monoisotopic (exact) mass is 445 g/mol. The van der Waals surface area contributed by atoms with Gasteiger partial charge in [0.15, 0.2) is 0 Å². The molecule has 29 heavy (non-hydrogen) atoms. The van der Waals surface area contributed by atoms with Crippen LogP contribution in [0.5, 0.6) is 0 Å². The Morgan fingerprint density at radius 2 is 1.83 bits per heavy atom. The molecule has 0 bridgehead atoms. The van der Waals surface area contributed by atoms with E-state index in [1.165, 1.54) is 57.4 Å². The molecule has 6 nitrogen and oxygen atoms in total. The summed E-state index contributed by atoms with van der Waals surface area (Å²) in [6.07, 6.45) is 10.6. The highest BCUT2D eigenvalue weighted by molar-refractivity contribution is 5.85. The fourth-order valence-electron chi connectivity index (χ4n) is 5.00. The van der Waals surface area contributed by atoms with Crippen LogP contribution in [0.15, 0.2) is 12.3 Å². The van der Waals surface area contributed by atoms with Crippen molar-refractivity contribution in [1.82, 2.24) is 24.9 Å². The van der Waals surface area contributed by atoms with Crippen LogP contribution in [0, 0.1) is 5.92 Å². The normalized spacial score (nSPS) is 23.4. The van der Waals surface area contributed by atoms with Gasteiger partial charge in [-0.25, -0.2) is 0 Å². The lowest BCUT2D eigenvalue weighted by Gasteiger charge is -2.33. The molecule has 0 saturated carbocycles. The Labute approximate surface area is 187 Å². The predicted molar refractivity (Wildman–Crippen MR) is 121 cm³/mol. The first-order chi connectivity index (χ1) is 13.3. The number of hydrogen-bond acceptors (Lipinski definition) is 4. The van der Waals surface area contributed by atoms with E-state index in [0.29, 0.717) is 12.5 Å². The van der Waals surface area contributed by atoms with Gasteiger partial charge < -0.3 is 15.1 Å². The van der Waals surface area contributed by atoms with Gasteiger partial charge in [-0.3, -0.25) is 9.48 Å². The number of rotatable bonds is 6. The second kappa shape index (κ2) is 12.1. The summed E-state index contributed by atoms with van der Waals surface area (Å²) in [7, 11) is 0. The molecule has 4 heterocycles. The number of nitrogens with zero attached hydrogens (tertiary/aromatic N) is 4. The average molecular weight is 446 g/mol. The van der Waals surface area contributed by atoms with Gasteiger partial charge in [0.05, 0.1) is 0 Å². The number of carbonyl (C=O) groups is 1. The first-order valence-electron chi connectivity index (χ1n) is 11.0. The molecule has 1 amide bonds. The van der Waals surface area contributed by atoms with Crippen LogP contribution in [0.4, 0.5) is 0 Å². The molecule has 3 aliphatic rings. The van der Waals surface area contributed by atoms with Crippen molar-refractivity contribution in [2.75, 3.05) is 45.8 Å². The van der Waals surface area contributed by atoms with Gasteiger partial charge in [-0.05, 0) is 83.1 Å². The second-order valence-corrected chi connectivity index (χ2v) is 8.62. The first kappa shape index (κ1) is 24.4. The number of halogens is 2. The Bertz CT molecular complexity index is 606. The van der Waals surface area contributed by atoms with E-state index in [1.807, 2.05) is 10.9 Å². The SMILES string of the molecule is Cl.Cl.O=C(Cn1nccc1C1CCCNC1)N1CCC(CCN2CCCC2)CC1. The van der Waals surface area contributed by atoms with Crippen molar-refractivity contribution >= 4 is 30.7 Å². The molecule has 0 spiro atoms. The number of nitrogens with one attached hydrogen (secondary N) is 1. The van der Waals surface area contributed by atoms with E-state index >= 15 is 0 Å². The van der Waals surface area contributed by atoms with Gasteiger partial charge in [-0.15, -0.1) is 24.8 Å². The molecule has 0 aliphatic carbocycles. The summed E-state index contributed by atoms with van der Waals surface area (Å²) >= 11 is 0. The van der Waals surface area contributed by atoms with E-state index in [-0.39, 0.29) is 30.7 Å². The third-order valence-electron chi connectivity index (χ3n) is 6.77. The fourth-order valence-corrected chi connectivity index (χ4v) is 5.00. The number of hydrogen-bond donors (Lipinski definition) is 1. The van der Waals surface area contributed by atoms with Gasteiger partial charge in [0, 0.05) is 37.4 Å². The maximum absolute atomic E-state index is 12.8. The van der Waals surface area contributed by atoms with Crippen LogP contribution in [0.2, 0.25) is 0 Å². The minimum absolute atomic E-state index is 0. The molecule has 3 saturated heterocycles. The first-order valence-corrected chi connectivity index (χ1v) is 11.0. The summed E-state index contributed by atoms with van der Waals surface area (Å²) < 4.78 is 1.94. The van der Waals surface area contributed by atoms with E-state index in [9.17, 15) is 4.79 Å². The van der Waals surface area contributed by atoms with Crippen molar-refractivity contribution in [1.29, 1.82) is 0 Å². The molecule has 8 heteroatoms. The van der Waals surface area contributed by atoms with Gasteiger partial charge in [-0.2, -0.15) is 5.10 Å². The van der Waals surface area contributed by atoms with Gasteiger partial charge in [-0.1, -0.05) is 0 Å². The molecule has 1 unspecified atom stereocenters. The van der Waals surface area contributed by atoms with Crippen LogP contribution in [0.3, 0.4) is 0 Å². The Kier molecular flexibility index (Phi) is 10.2. The van der Waals surface area contributed by atoms with E-state index in [2.05, 4.69) is 26.3 Å². The highest BCUT2D eigenvalue weighted by Gasteiger charge is 2.25. The molecule has 166 valence electrons. The van der Waals surface area contributed by atoms with Crippen molar-refractivity contribution < 1.29 is 4.79 Å². The lowest BCUT2D eigenvalue weighted by atomic mass is 9.93. The Morgan fingerprint density at radius 3 is 2.52 bits per heavy atom. The van der Waals surface area contributed by atoms with Gasteiger partial charge in [0.1, 0.15) is 6.54 Å². The van der Waals surface area contributed by atoms with E-state index < -0.39 is 0 Å². The molecule has 4 rings (SSSR count). The topological polar surface area (TPSA) is 53.4 Å². The van der Waals surface area contributed by atoms with E-state index in [4.69, 9.17) is 0 Å². The molecule has 0 aromatic carbocycles. The summed E-state index contributed by atoms with van der Waals surface area (Å²) in [5.41, 5.74) is 1.22. The largest absolute Gasteiger partial charge is 0.341 e. The molecular weight excluding hydrogens is 409 g/mol. The van der Waals surface area contributed by atoms with Crippen molar-refractivity contribution in [3.63, 3.8) is 0 Å². The van der Waals surface area contributed by atoms with Crippen LogP contribution in [-0.4, -0.2) is 71.3 Å². The number of carbonyl (C=O) groups excluding carboxylic acids is 1. The number of piperidine rings is 2. The van der Waals surface area contributed by atoms with E-state index in [0.717, 1.165) is 44.9 Å². The summed E-state index contributed by atoms with van der Waals surface area (Å²) in [6, 6.07) is 2.09. The molecule has 1 aromatic rings.